The maximum Gasteiger partial charge on any atom is 0.410 e. The lowest BCUT2D eigenvalue weighted by atomic mass is 9.94. The number of likely N-dealkylation sites (tertiary alicyclic amines) is 2. The Labute approximate surface area is 293 Å². The molecule has 5 rings (SSSR count). The molecule has 3 aromatic carbocycles. The molecule has 0 spiro atoms. The van der Waals surface area contributed by atoms with Crippen LogP contribution in [0.15, 0.2) is 72.8 Å². The summed E-state index contributed by atoms with van der Waals surface area (Å²) in [7, 11) is 1.58. The van der Waals surface area contributed by atoms with E-state index in [0.717, 1.165) is 5.56 Å². The van der Waals surface area contributed by atoms with E-state index in [-0.39, 0.29) is 55.4 Å². The highest BCUT2D eigenvalue weighted by molar-refractivity contribution is 5.78. The summed E-state index contributed by atoms with van der Waals surface area (Å²) < 4.78 is 16.0. The number of nitrogens with zero attached hydrogens (tertiary/aromatic N) is 4. The number of rotatable bonds is 13. The van der Waals surface area contributed by atoms with Crippen LogP contribution in [-0.2, 0) is 33.9 Å². The van der Waals surface area contributed by atoms with Crippen molar-refractivity contribution in [1.82, 2.24) is 15.1 Å². The summed E-state index contributed by atoms with van der Waals surface area (Å²) in [5.41, 5.74) is 2.00. The number of hydrogen-bond acceptors (Lipinski definition) is 11. The third kappa shape index (κ3) is 9.91. The summed E-state index contributed by atoms with van der Waals surface area (Å²) >= 11 is 0. The van der Waals surface area contributed by atoms with Crippen LogP contribution in [0.25, 0.3) is 0 Å². The molecule has 0 radical (unpaired) electrons. The monoisotopic (exact) mass is 705 g/mol. The van der Waals surface area contributed by atoms with E-state index < -0.39 is 34.2 Å². The molecule has 0 bridgehead atoms. The minimum absolute atomic E-state index is 0.0301. The maximum atomic E-state index is 13.4. The van der Waals surface area contributed by atoms with Gasteiger partial charge in [-0.2, -0.15) is 0 Å². The molecule has 16 nitrogen and oxygen atoms in total. The van der Waals surface area contributed by atoms with Gasteiger partial charge in [0.2, 0.25) is 5.91 Å². The van der Waals surface area contributed by atoms with Crippen LogP contribution in [0.2, 0.25) is 0 Å². The van der Waals surface area contributed by atoms with E-state index in [4.69, 9.17) is 14.2 Å². The molecule has 16 heteroatoms. The quantitative estimate of drug-likeness (QED) is 0.189. The molecule has 270 valence electrons. The SMILES string of the molecule is COc1ccc(C[C@H]2C[C@@H]([C@H](O)CC(=O)N3CC[C@H](NC(=O)OCc4ccc([N+](=O)[O-])cc4)C3)N(C(=O)OCc3ccc([N+](=O)[O-])cc3)C2)cc1. The van der Waals surface area contributed by atoms with E-state index in [1.165, 1.54) is 53.4 Å². The Morgan fingerprint density at radius 2 is 1.43 bits per heavy atom. The number of methoxy groups -OCH3 is 1. The number of nitrogens with one attached hydrogen (secondary N) is 1. The van der Waals surface area contributed by atoms with Crippen LogP contribution in [0.4, 0.5) is 21.0 Å². The van der Waals surface area contributed by atoms with Crippen molar-refractivity contribution in [3.05, 3.63) is 110 Å². The van der Waals surface area contributed by atoms with Gasteiger partial charge in [0.05, 0.1) is 41.6 Å². The smallest absolute Gasteiger partial charge is 0.410 e. The molecule has 2 aliphatic heterocycles. The molecular formula is C35H39N5O11. The van der Waals surface area contributed by atoms with Crippen LogP contribution in [0.3, 0.4) is 0 Å². The second kappa shape index (κ2) is 16.8. The number of carbonyl (C=O) groups excluding carboxylic acids is 3. The zero-order valence-corrected chi connectivity index (χ0v) is 27.9. The first kappa shape index (κ1) is 36.5. The second-order valence-electron chi connectivity index (χ2n) is 12.6. The molecule has 2 aliphatic rings. The Bertz CT molecular complexity index is 1700. The molecule has 2 heterocycles. The zero-order valence-electron chi connectivity index (χ0n) is 27.9. The topological polar surface area (TPSA) is 204 Å². The van der Waals surface area contributed by atoms with Gasteiger partial charge in [-0.05, 0) is 78.3 Å². The Morgan fingerprint density at radius 3 is 2.00 bits per heavy atom. The van der Waals surface area contributed by atoms with Crippen molar-refractivity contribution in [2.45, 2.75) is 57.1 Å². The first-order valence-corrected chi connectivity index (χ1v) is 16.4. The van der Waals surface area contributed by atoms with Gasteiger partial charge in [-0.3, -0.25) is 25.0 Å². The van der Waals surface area contributed by atoms with Gasteiger partial charge in [-0.1, -0.05) is 12.1 Å². The molecule has 2 saturated heterocycles. The Morgan fingerprint density at radius 1 is 0.863 bits per heavy atom. The number of amides is 3. The fourth-order valence-electron chi connectivity index (χ4n) is 6.34. The number of carbonyl (C=O) groups is 3. The second-order valence-corrected chi connectivity index (χ2v) is 12.6. The van der Waals surface area contributed by atoms with E-state index >= 15 is 0 Å². The standard InChI is InChI=1S/C35H39N5O11/c1-49-30-12-6-23(7-13-30)16-26-17-31(38(19-26)35(44)51-22-25-4-10-29(11-5-25)40(47)48)32(41)18-33(42)37-15-14-27(20-37)36-34(43)50-21-24-2-8-28(9-3-24)39(45)46/h2-13,26-27,31-32,41H,14-22H2,1H3,(H,36,43)/t26-,27-,31-,32+/m0/s1. The van der Waals surface area contributed by atoms with Crippen molar-refractivity contribution in [3.63, 3.8) is 0 Å². The Kier molecular flexibility index (Phi) is 12.0. The van der Waals surface area contributed by atoms with Crippen molar-refractivity contribution in [3.8, 4) is 5.75 Å². The van der Waals surface area contributed by atoms with Gasteiger partial charge in [0.25, 0.3) is 11.4 Å². The summed E-state index contributed by atoms with van der Waals surface area (Å²) in [6.07, 6.45) is -1.27. The number of benzene rings is 3. The number of ether oxygens (including phenoxy) is 3. The van der Waals surface area contributed by atoms with Crippen LogP contribution in [0.1, 0.15) is 36.0 Å². The fraction of sp³-hybridized carbons (Fsp3) is 0.400. The minimum atomic E-state index is -1.19. The Hall–Kier alpha value is -5.77. The average Bonchev–Trinajstić information content (AvgIpc) is 3.78. The molecule has 0 saturated carbocycles. The van der Waals surface area contributed by atoms with E-state index in [1.54, 1.807) is 12.0 Å². The van der Waals surface area contributed by atoms with Crippen molar-refractivity contribution < 1.29 is 43.5 Å². The van der Waals surface area contributed by atoms with Crippen LogP contribution in [-0.4, -0.2) is 87.8 Å². The average molecular weight is 706 g/mol. The highest BCUT2D eigenvalue weighted by Crippen LogP contribution is 2.31. The zero-order chi connectivity index (χ0) is 36.5. The first-order valence-electron chi connectivity index (χ1n) is 16.4. The highest BCUT2D eigenvalue weighted by atomic mass is 16.6. The van der Waals surface area contributed by atoms with Crippen LogP contribution >= 0.6 is 0 Å². The van der Waals surface area contributed by atoms with Crippen LogP contribution in [0, 0.1) is 26.1 Å². The fourth-order valence-corrected chi connectivity index (χ4v) is 6.34. The molecule has 3 aromatic rings. The third-order valence-electron chi connectivity index (χ3n) is 9.07. The molecule has 0 aromatic heterocycles. The van der Waals surface area contributed by atoms with E-state index in [1.807, 2.05) is 24.3 Å². The number of alkyl carbamates (subject to hydrolysis) is 1. The summed E-state index contributed by atoms with van der Waals surface area (Å²) in [5, 5.41) is 35.9. The number of non-ortho nitro benzene ring substituents is 2. The van der Waals surface area contributed by atoms with E-state index in [0.29, 0.717) is 49.2 Å². The summed E-state index contributed by atoms with van der Waals surface area (Å²) in [6, 6.07) is 17.8. The third-order valence-corrected chi connectivity index (χ3v) is 9.07. The van der Waals surface area contributed by atoms with Crippen molar-refractivity contribution in [1.29, 1.82) is 0 Å². The lowest BCUT2D eigenvalue weighted by Crippen LogP contribution is -2.45. The summed E-state index contributed by atoms with van der Waals surface area (Å²) in [4.78, 5) is 62.8. The molecule has 51 heavy (non-hydrogen) atoms. The molecule has 0 unspecified atom stereocenters. The van der Waals surface area contributed by atoms with Gasteiger partial charge in [0.1, 0.15) is 19.0 Å². The largest absolute Gasteiger partial charge is 0.497 e. The predicted molar refractivity (Wildman–Crippen MR) is 181 cm³/mol. The maximum absolute atomic E-state index is 13.4. The Balaban J connectivity index is 1.15. The number of nitro groups is 2. The molecular weight excluding hydrogens is 666 g/mol. The van der Waals surface area contributed by atoms with E-state index in [2.05, 4.69) is 5.32 Å². The summed E-state index contributed by atoms with van der Waals surface area (Å²) in [5.74, 6) is 0.355. The highest BCUT2D eigenvalue weighted by Gasteiger charge is 2.41. The van der Waals surface area contributed by atoms with Gasteiger partial charge in [0, 0.05) is 43.9 Å². The molecule has 3 amide bonds. The van der Waals surface area contributed by atoms with Gasteiger partial charge >= 0.3 is 12.2 Å². The van der Waals surface area contributed by atoms with Gasteiger partial charge in [-0.25, -0.2) is 9.59 Å². The predicted octanol–water partition coefficient (Wildman–Crippen LogP) is 4.36. The van der Waals surface area contributed by atoms with Crippen molar-refractivity contribution in [2.24, 2.45) is 5.92 Å². The number of aliphatic hydroxyl groups excluding tert-OH is 1. The molecule has 2 fully saturated rings. The number of aliphatic hydroxyl groups is 1. The normalized spacial score (nSPS) is 18.9. The van der Waals surface area contributed by atoms with Crippen LogP contribution in [0.5, 0.6) is 5.75 Å². The molecule has 0 aliphatic carbocycles. The minimum Gasteiger partial charge on any atom is -0.497 e. The van der Waals surface area contributed by atoms with Gasteiger partial charge < -0.3 is 34.4 Å². The van der Waals surface area contributed by atoms with Crippen molar-refractivity contribution >= 4 is 29.5 Å². The van der Waals surface area contributed by atoms with E-state index in [9.17, 15) is 39.7 Å². The van der Waals surface area contributed by atoms with Gasteiger partial charge in [0.15, 0.2) is 0 Å². The van der Waals surface area contributed by atoms with Crippen LogP contribution < -0.4 is 10.1 Å². The molecule has 2 N–H and O–H groups in total. The lowest BCUT2D eigenvalue weighted by molar-refractivity contribution is -0.385. The lowest BCUT2D eigenvalue weighted by Gasteiger charge is -2.28. The molecule has 4 atom stereocenters. The number of hydrogen-bond donors (Lipinski definition) is 2. The number of nitro benzene ring substituents is 2. The summed E-state index contributed by atoms with van der Waals surface area (Å²) in [6.45, 7) is 0.642. The first-order chi connectivity index (χ1) is 24.5. The van der Waals surface area contributed by atoms with Crippen molar-refractivity contribution in [2.75, 3.05) is 26.7 Å². The van der Waals surface area contributed by atoms with Gasteiger partial charge in [-0.15, -0.1) is 0 Å².